The largest absolute Gasteiger partial charge is 0.393 e. The summed E-state index contributed by atoms with van der Waals surface area (Å²) in [4.78, 5) is 0. The fourth-order valence-corrected chi connectivity index (χ4v) is 14.0. The van der Waals surface area contributed by atoms with Crippen molar-refractivity contribution in [1.29, 1.82) is 0 Å². The van der Waals surface area contributed by atoms with E-state index in [9.17, 15) is 20.4 Å². The Kier molecular flexibility index (Phi) is 11.3. The predicted octanol–water partition coefficient (Wildman–Crippen LogP) is 9.55. The van der Waals surface area contributed by atoms with Crippen molar-refractivity contribution in [2.24, 2.45) is 75.4 Å². The second-order valence-electron chi connectivity index (χ2n) is 20.1. The summed E-state index contributed by atoms with van der Waals surface area (Å²) in [6.45, 7) is 14.5. The molecule has 6 saturated carbocycles. The Balaban J connectivity index is 1.16. The van der Waals surface area contributed by atoms with Crippen LogP contribution in [0, 0.1) is 75.4 Å². The Morgan fingerprint density at radius 3 is 0.830 bits per heavy atom. The molecule has 47 heavy (non-hydrogen) atoms. The fourth-order valence-electron chi connectivity index (χ4n) is 14.0. The quantitative estimate of drug-likeness (QED) is 0.230. The summed E-state index contributed by atoms with van der Waals surface area (Å²) in [5, 5.41) is 42.6. The molecule has 6 aliphatic carbocycles. The van der Waals surface area contributed by atoms with E-state index in [0.717, 1.165) is 61.2 Å². The number of aliphatic hydroxyl groups excluding tert-OH is 4. The summed E-state index contributed by atoms with van der Waals surface area (Å²) in [6.07, 6.45) is 24.0. The van der Waals surface area contributed by atoms with E-state index in [-0.39, 0.29) is 24.4 Å². The van der Waals surface area contributed by atoms with Crippen molar-refractivity contribution in [2.75, 3.05) is 0 Å². The highest BCUT2D eigenvalue weighted by Gasteiger charge is 2.55. The van der Waals surface area contributed by atoms with Crippen molar-refractivity contribution in [3.63, 3.8) is 0 Å². The minimum atomic E-state index is -0.118. The van der Waals surface area contributed by atoms with Crippen molar-refractivity contribution >= 4 is 0 Å². The van der Waals surface area contributed by atoms with E-state index in [0.29, 0.717) is 39.9 Å². The number of hydrogen-bond donors (Lipinski definition) is 4. The van der Waals surface area contributed by atoms with Crippen LogP contribution in [0.4, 0.5) is 0 Å². The molecular weight excluding hydrogens is 580 g/mol. The molecule has 4 nitrogen and oxygen atoms in total. The van der Waals surface area contributed by atoms with E-state index in [1.807, 2.05) is 0 Å². The van der Waals surface area contributed by atoms with E-state index in [4.69, 9.17) is 0 Å². The lowest BCUT2D eigenvalue weighted by molar-refractivity contribution is -0.104. The minimum Gasteiger partial charge on any atom is -0.393 e. The van der Waals surface area contributed by atoms with Crippen LogP contribution in [0.1, 0.15) is 170 Å². The molecule has 6 rings (SSSR count). The molecule has 0 aliphatic heterocycles. The summed E-state index contributed by atoms with van der Waals surface area (Å²) in [6, 6.07) is 0. The fraction of sp³-hybridized carbons (Fsp3) is 1.00. The third-order valence-corrected chi connectivity index (χ3v) is 17.7. The van der Waals surface area contributed by atoms with Gasteiger partial charge in [-0.2, -0.15) is 0 Å². The van der Waals surface area contributed by atoms with Crippen LogP contribution in [0.25, 0.3) is 0 Å². The molecule has 4 heteroatoms. The molecule has 0 heterocycles. The average molecular weight is 657 g/mol. The molecule has 6 fully saturated rings. The molecule has 272 valence electrons. The van der Waals surface area contributed by atoms with Gasteiger partial charge in [-0.15, -0.1) is 0 Å². The third kappa shape index (κ3) is 7.04. The smallest absolute Gasteiger partial charge is 0.0566 e. The summed E-state index contributed by atoms with van der Waals surface area (Å²) in [7, 11) is 0. The Morgan fingerprint density at radius 2 is 0.617 bits per heavy atom. The van der Waals surface area contributed by atoms with E-state index in [2.05, 4.69) is 41.5 Å². The minimum absolute atomic E-state index is 0.118. The lowest BCUT2D eigenvalue weighted by Gasteiger charge is -2.59. The SMILES string of the molecule is CC1CC(C2(C3CCC(O)C(C)C3)CCC(C(C)(C)C3CCC(C4CCC(O)C(C)C4)(C4CCC(O)C(C)C4)CC3)CC2)CCC1O. The first-order valence-electron chi connectivity index (χ1n) is 21.0. The molecule has 0 radical (unpaired) electrons. The standard InChI is InChI=1S/C43H76O4/c1-27-23-33(7-11-37(27)44)42(34-8-12-38(45)28(2)24-34)19-15-31(16-20-42)41(5,6)32-17-21-43(22-18-32,35-9-13-39(46)29(3)25-35)36-10-14-40(47)30(4)26-36/h27-40,44-47H,7-26H2,1-6H3. The Morgan fingerprint density at radius 1 is 0.383 bits per heavy atom. The molecular formula is C43H76O4. The average Bonchev–Trinajstić information content (AvgIpc) is 3.06. The van der Waals surface area contributed by atoms with Gasteiger partial charge in [0, 0.05) is 0 Å². The van der Waals surface area contributed by atoms with Crippen LogP contribution in [0.15, 0.2) is 0 Å². The number of rotatable bonds is 6. The molecule has 0 spiro atoms. The molecule has 6 aliphatic rings. The van der Waals surface area contributed by atoms with Gasteiger partial charge in [0.25, 0.3) is 0 Å². The molecule has 12 unspecified atom stereocenters. The van der Waals surface area contributed by atoms with E-state index in [1.165, 1.54) is 103 Å². The lowest BCUT2D eigenvalue weighted by atomic mass is 9.46. The first-order chi connectivity index (χ1) is 22.3. The molecule has 0 aromatic carbocycles. The van der Waals surface area contributed by atoms with Crippen molar-refractivity contribution < 1.29 is 20.4 Å². The highest BCUT2D eigenvalue weighted by molar-refractivity contribution is 5.05. The van der Waals surface area contributed by atoms with Crippen LogP contribution in [0.2, 0.25) is 0 Å². The normalized spacial score (nSPS) is 52.2. The van der Waals surface area contributed by atoms with Crippen LogP contribution in [-0.4, -0.2) is 44.8 Å². The molecule has 0 amide bonds. The van der Waals surface area contributed by atoms with Crippen molar-refractivity contribution in [1.82, 2.24) is 0 Å². The zero-order valence-electron chi connectivity index (χ0n) is 31.5. The first-order valence-corrected chi connectivity index (χ1v) is 21.0. The van der Waals surface area contributed by atoms with Gasteiger partial charge in [0.1, 0.15) is 0 Å². The van der Waals surface area contributed by atoms with Gasteiger partial charge >= 0.3 is 0 Å². The highest BCUT2D eigenvalue weighted by Crippen LogP contribution is 2.64. The highest BCUT2D eigenvalue weighted by atomic mass is 16.3. The van der Waals surface area contributed by atoms with Crippen LogP contribution >= 0.6 is 0 Å². The maximum Gasteiger partial charge on any atom is 0.0566 e. The number of hydrogen-bond acceptors (Lipinski definition) is 4. The zero-order valence-corrected chi connectivity index (χ0v) is 31.5. The predicted molar refractivity (Wildman–Crippen MR) is 193 cm³/mol. The van der Waals surface area contributed by atoms with Crippen LogP contribution in [-0.2, 0) is 0 Å². The Bertz CT molecular complexity index is 873. The van der Waals surface area contributed by atoms with Gasteiger partial charge < -0.3 is 20.4 Å². The third-order valence-electron chi connectivity index (χ3n) is 17.7. The maximum absolute atomic E-state index is 10.7. The van der Waals surface area contributed by atoms with Gasteiger partial charge in [-0.05, 0) is 204 Å². The zero-order chi connectivity index (χ0) is 33.7. The van der Waals surface area contributed by atoms with Crippen molar-refractivity contribution in [2.45, 2.75) is 194 Å². The maximum atomic E-state index is 10.7. The summed E-state index contributed by atoms with van der Waals surface area (Å²) >= 11 is 0. The molecule has 12 atom stereocenters. The van der Waals surface area contributed by atoms with Crippen LogP contribution in [0.3, 0.4) is 0 Å². The molecule has 0 saturated heterocycles. The summed E-state index contributed by atoms with van der Waals surface area (Å²) in [5.41, 5.74) is 1.17. The second kappa shape index (κ2) is 14.5. The van der Waals surface area contributed by atoms with Gasteiger partial charge in [-0.25, -0.2) is 0 Å². The van der Waals surface area contributed by atoms with Crippen LogP contribution in [0.5, 0.6) is 0 Å². The monoisotopic (exact) mass is 657 g/mol. The van der Waals surface area contributed by atoms with E-state index < -0.39 is 0 Å². The molecule has 0 aromatic heterocycles. The molecule has 0 aromatic rings. The van der Waals surface area contributed by atoms with Gasteiger partial charge in [-0.3, -0.25) is 0 Å². The Hall–Kier alpha value is -0.160. The lowest BCUT2D eigenvalue weighted by Crippen LogP contribution is -2.50. The summed E-state index contributed by atoms with van der Waals surface area (Å²) < 4.78 is 0. The van der Waals surface area contributed by atoms with Crippen molar-refractivity contribution in [3.8, 4) is 0 Å². The molecule has 0 bridgehead atoms. The second-order valence-corrected chi connectivity index (χ2v) is 20.1. The van der Waals surface area contributed by atoms with Gasteiger partial charge in [0.05, 0.1) is 24.4 Å². The van der Waals surface area contributed by atoms with Crippen molar-refractivity contribution in [3.05, 3.63) is 0 Å². The topological polar surface area (TPSA) is 80.9 Å². The number of aliphatic hydroxyl groups is 4. The summed E-state index contributed by atoms with van der Waals surface area (Å²) in [5.74, 6) is 6.20. The van der Waals surface area contributed by atoms with E-state index in [1.54, 1.807) is 0 Å². The van der Waals surface area contributed by atoms with Gasteiger partial charge in [-0.1, -0.05) is 41.5 Å². The van der Waals surface area contributed by atoms with E-state index >= 15 is 0 Å². The first kappa shape index (κ1) is 36.6. The Labute approximate surface area is 289 Å². The van der Waals surface area contributed by atoms with Crippen LogP contribution < -0.4 is 0 Å². The molecule has 4 N–H and O–H groups in total. The van der Waals surface area contributed by atoms with Gasteiger partial charge in [0.2, 0.25) is 0 Å². The van der Waals surface area contributed by atoms with Gasteiger partial charge in [0.15, 0.2) is 0 Å².